The van der Waals surface area contributed by atoms with Crippen molar-refractivity contribution >= 4 is 62.7 Å². The van der Waals surface area contributed by atoms with Crippen molar-refractivity contribution in [3.63, 3.8) is 0 Å². The summed E-state index contributed by atoms with van der Waals surface area (Å²) in [6, 6.07) is 28.4. The Hall–Kier alpha value is -4.96. The molecule has 59 heavy (non-hydrogen) atoms. The number of hydrogen-bond acceptors (Lipinski definition) is 3. The molecular weight excluding hydrogens is 715 g/mol. The van der Waals surface area contributed by atoms with Crippen LogP contribution in [0.1, 0.15) is 124 Å². The molecule has 3 heterocycles. The molecule has 1 atom stereocenters. The number of nitrogens with zero attached hydrogens (tertiary/aromatic N) is 2. The van der Waals surface area contributed by atoms with E-state index < -0.39 is 0 Å². The molecule has 1 aromatic heterocycles. The fourth-order valence-corrected chi connectivity index (χ4v) is 11.0. The van der Waals surface area contributed by atoms with Crippen LogP contribution in [0.5, 0.6) is 0 Å². The Morgan fingerprint density at radius 1 is 0.780 bits per heavy atom. The molecule has 0 fully saturated rings. The van der Waals surface area contributed by atoms with Crippen molar-refractivity contribution in [2.75, 3.05) is 9.80 Å². The molecule has 1 unspecified atom stereocenters. The predicted octanol–water partition coefficient (Wildman–Crippen LogP) is 13.1. The van der Waals surface area contributed by atoms with E-state index in [1.54, 1.807) is 0 Å². The van der Waals surface area contributed by atoms with Crippen LogP contribution >= 0.6 is 0 Å². The average molecular weight is 777 g/mol. The lowest BCUT2D eigenvalue weighted by Crippen LogP contribution is -2.63. The molecule has 0 saturated carbocycles. The van der Waals surface area contributed by atoms with Crippen molar-refractivity contribution in [3.05, 3.63) is 142 Å². The van der Waals surface area contributed by atoms with E-state index in [-0.39, 0.29) is 34.4 Å². The van der Waals surface area contributed by atoms with E-state index in [0.29, 0.717) is 0 Å². The van der Waals surface area contributed by atoms with Crippen LogP contribution in [-0.2, 0) is 16.2 Å². The molecule has 0 saturated heterocycles. The molecule has 5 aliphatic rings. The second-order valence-electron chi connectivity index (χ2n) is 21.6. The van der Waals surface area contributed by atoms with Gasteiger partial charge in [-0.2, -0.15) is 0 Å². The van der Waals surface area contributed by atoms with E-state index in [9.17, 15) is 0 Å². The van der Waals surface area contributed by atoms with E-state index >= 15 is 0 Å². The number of rotatable bonds is 3. The maximum Gasteiger partial charge on any atom is 0.297 e. The number of allylic oxidation sites excluding steroid dienone is 5. The van der Waals surface area contributed by atoms with Gasteiger partial charge >= 0.3 is 0 Å². The molecular formula is C55H61BN2O. The summed E-state index contributed by atoms with van der Waals surface area (Å²) in [5.74, 6) is 0. The Labute approximate surface area is 353 Å². The van der Waals surface area contributed by atoms with E-state index in [2.05, 4.69) is 189 Å². The summed E-state index contributed by atoms with van der Waals surface area (Å²) in [5.41, 5.74) is 21.2. The van der Waals surface area contributed by atoms with E-state index in [1.165, 1.54) is 85.5 Å². The highest BCUT2D eigenvalue weighted by molar-refractivity contribution is 6.99. The van der Waals surface area contributed by atoms with Gasteiger partial charge in [0.1, 0.15) is 5.58 Å². The Morgan fingerprint density at radius 3 is 2.15 bits per heavy atom. The highest BCUT2D eigenvalue weighted by Gasteiger charge is 2.50. The van der Waals surface area contributed by atoms with Gasteiger partial charge in [-0.15, -0.1) is 0 Å². The van der Waals surface area contributed by atoms with Crippen LogP contribution in [0.4, 0.5) is 28.4 Å². The van der Waals surface area contributed by atoms with Crippen LogP contribution in [0.25, 0.3) is 11.0 Å². The van der Waals surface area contributed by atoms with Crippen LogP contribution in [0.15, 0.2) is 124 Å². The van der Waals surface area contributed by atoms with Gasteiger partial charge in [-0.05, 0) is 153 Å². The summed E-state index contributed by atoms with van der Waals surface area (Å²) in [6.45, 7) is 26.1. The molecule has 5 aromatic rings. The van der Waals surface area contributed by atoms with Crippen molar-refractivity contribution in [1.29, 1.82) is 0 Å². The quantitative estimate of drug-likeness (QED) is 0.167. The molecule has 0 N–H and O–H groups in total. The molecule has 0 amide bonds. The van der Waals surface area contributed by atoms with Gasteiger partial charge in [0.25, 0.3) is 6.71 Å². The summed E-state index contributed by atoms with van der Waals surface area (Å²) in [6.07, 6.45) is 17.6. The van der Waals surface area contributed by atoms with Gasteiger partial charge in [0, 0.05) is 28.1 Å². The van der Waals surface area contributed by atoms with Gasteiger partial charge in [0.15, 0.2) is 0 Å². The normalized spacial score (nSPS) is 20.4. The van der Waals surface area contributed by atoms with Crippen molar-refractivity contribution in [1.82, 2.24) is 0 Å². The topological polar surface area (TPSA) is 19.6 Å². The van der Waals surface area contributed by atoms with Gasteiger partial charge in [0.05, 0.1) is 17.4 Å². The van der Waals surface area contributed by atoms with Crippen LogP contribution in [0, 0.1) is 12.3 Å². The molecule has 0 radical (unpaired) electrons. The summed E-state index contributed by atoms with van der Waals surface area (Å²) < 4.78 is 7.24. The molecule has 3 aliphatic carbocycles. The lowest BCUT2D eigenvalue weighted by molar-refractivity contribution is 0.332. The third kappa shape index (κ3) is 5.98. The number of benzene rings is 4. The first-order valence-corrected chi connectivity index (χ1v) is 22.3. The minimum Gasteiger partial charge on any atom is -0.468 e. The first-order valence-electron chi connectivity index (χ1n) is 22.3. The van der Waals surface area contributed by atoms with Crippen molar-refractivity contribution < 1.29 is 4.42 Å². The second-order valence-corrected chi connectivity index (χ2v) is 21.6. The molecule has 4 aromatic carbocycles. The summed E-state index contributed by atoms with van der Waals surface area (Å²) in [4.78, 5) is 5.33. The lowest BCUT2D eigenvalue weighted by atomic mass is 9.35. The smallest absolute Gasteiger partial charge is 0.297 e. The lowest BCUT2D eigenvalue weighted by Gasteiger charge is -2.49. The minimum absolute atomic E-state index is 0.0565. The second kappa shape index (κ2) is 13.0. The van der Waals surface area contributed by atoms with Crippen molar-refractivity contribution in [2.45, 2.75) is 131 Å². The summed E-state index contributed by atoms with van der Waals surface area (Å²) in [7, 11) is 0. The van der Waals surface area contributed by atoms with E-state index in [4.69, 9.17) is 4.42 Å². The van der Waals surface area contributed by atoms with Crippen LogP contribution < -0.4 is 26.4 Å². The summed E-state index contributed by atoms with van der Waals surface area (Å²) >= 11 is 0. The summed E-state index contributed by atoms with van der Waals surface area (Å²) in [5, 5.41) is 1.16. The van der Waals surface area contributed by atoms with Gasteiger partial charge in [-0.3, -0.25) is 0 Å². The van der Waals surface area contributed by atoms with Crippen molar-refractivity contribution in [3.8, 4) is 0 Å². The van der Waals surface area contributed by atoms with Gasteiger partial charge in [-0.25, -0.2) is 0 Å². The van der Waals surface area contributed by atoms with Crippen LogP contribution in [0.2, 0.25) is 0 Å². The highest BCUT2D eigenvalue weighted by atomic mass is 16.3. The first kappa shape index (κ1) is 38.3. The third-order valence-corrected chi connectivity index (χ3v) is 14.5. The zero-order chi connectivity index (χ0) is 41.4. The zero-order valence-corrected chi connectivity index (χ0v) is 37.3. The van der Waals surface area contributed by atoms with Gasteiger partial charge < -0.3 is 14.2 Å². The molecule has 300 valence electrons. The average Bonchev–Trinajstić information content (AvgIpc) is 3.58. The van der Waals surface area contributed by atoms with E-state index in [0.717, 1.165) is 41.6 Å². The fourth-order valence-electron chi connectivity index (χ4n) is 11.0. The predicted molar refractivity (Wildman–Crippen MR) is 253 cm³/mol. The minimum atomic E-state index is -0.0565. The monoisotopic (exact) mass is 776 g/mol. The number of para-hydroxylation sites is 1. The number of aryl methyl sites for hydroxylation is 1. The van der Waals surface area contributed by atoms with Crippen LogP contribution in [-0.4, -0.2) is 12.8 Å². The Balaban J connectivity index is 1.30. The van der Waals surface area contributed by atoms with E-state index in [1.807, 2.05) is 0 Å². The zero-order valence-electron chi connectivity index (χ0n) is 37.3. The van der Waals surface area contributed by atoms with Gasteiger partial charge in [-0.1, -0.05) is 130 Å². The number of anilines is 5. The first-order chi connectivity index (χ1) is 27.9. The largest absolute Gasteiger partial charge is 0.468 e. The van der Waals surface area contributed by atoms with Crippen molar-refractivity contribution in [2.24, 2.45) is 5.41 Å². The Kier molecular flexibility index (Phi) is 8.44. The molecule has 10 rings (SSSR count). The number of hydrogen-bond donors (Lipinski definition) is 0. The Morgan fingerprint density at radius 2 is 1.47 bits per heavy atom. The molecule has 3 nitrogen and oxygen atoms in total. The number of fused-ring (bicyclic) bond motifs is 7. The van der Waals surface area contributed by atoms with Crippen LogP contribution in [0.3, 0.4) is 0 Å². The molecule has 2 aliphatic heterocycles. The maximum atomic E-state index is 7.24. The molecule has 0 bridgehead atoms. The SMILES string of the molecule is Cc1cc2c3c(c1)N(C1CC=C(C(C)(C)C)C=C1C1=CC=CCC1)c1cc4c(cc1B3c1oc3ccccc3c1N2c1ccc(C(C)(C)C)cc1)C(C)(C)CCC4(C)C. The van der Waals surface area contributed by atoms with Gasteiger partial charge in [0.2, 0.25) is 0 Å². The Bertz CT molecular complexity index is 2680. The molecule has 4 heteroatoms. The standard InChI is InChI=1S/C55H61BN2O/c1-34-29-46-49-47(30-34)58(44-26-23-37(53(5,6)7)31-40(44)35-17-13-12-14-18-35)45-33-42-41(54(8,9)27-28-55(42,10)11)32-43(45)56(49)51-50(39-19-15-16-20-48(39)59-51)57(46)38-24-21-36(22-25-38)52(2,3)4/h12-13,15-17,19-25,29-33,44H,14,18,26-28H2,1-11H3. The molecule has 0 spiro atoms. The highest BCUT2D eigenvalue weighted by Crippen LogP contribution is 2.52. The fraction of sp³-hybridized carbons (Fsp3) is 0.382. The maximum absolute atomic E-state index is 7.24. The third-order valence-electron chi connectivity index (χ3n) is 14.5. The number of furan rings is 1.